The van der Waals surface area contributed by atoms with Crippen LogP contribution in [0.15, 0.2) is 194 Å². The Morgan fingerprint density at radius 1 is 0.200 bits per heavy atom. The summed E-state index contributed by atoms with van der Waals surface area (Å²) >= 11 is 0. The molecule has 0 heteroatoms. The van der Waals surface area contributed by atoms with Crippen LogP contribution in [0.5, 0.6) is 0 Å². The smallest absolute Gasteiger partial charge is 0.00137 e. The van der Waals surface area contributed by atoms with Crippen molar-refractivity contribution in [3.8, 4) is 44.5 Å². The Morgan fingerprint density at radius 2 is 0.620 bits per heavy atom. The van der Waals surface area contributed by atoms with E-state index in [0.29, 0.717) is 0 Å². The summed E-state index contributed by atoms with van der Waals surface area (Å²) in [7, 11) is 0. The van der Waals surface area contributed by atoms with Crippen molar-refractivity contribution in [1.82, 2.24) is 0 Å². The van der Waals surface area contributed by atoms with Crippen LogP contribution in [-0.2, 0) is 0 Å². The third-order valence-electron chi connectivity index (χ3n) is 10.4. The van der Waals surface area contributed by atoms with E-state index in [0.717, 1.165) is 0 Å². The number of benzene rings is 10. The number of fused-ring (bicyclic) bond motifs is 5. The maximum absolute atomic E-state index is 2.44. The molecule has 0 fully saturated rings. The predicted octanol–water partition coefficient (Wildman–Crippen LogP) is 14.1. The molecule has 0 aliphatic heterocycles. The average molecular weight is 633 g/mol. The van der Waals surface area contributed by atoms with Gasteiger partial charge < -0.3 is 0 Å². The zero-order valence-electron chi connectivity index (χ0n) is 27.5. The summed E-state index contributed by atoms with van der Waals surface area (Å²) in [6.07, 6.45) is 0. The van der Waals surface area contributed by atoms with E-state index < -0.39 is 0 Å². The Balaban J connectivity index is 1.44. The Labute approximate surface area is 291 Å². The van der Waals surface area contributed by atoms with E-state index >= 15 is 0 Å². The van der Waals surface area contributed by atoms with Crippen LogP contribution in [0.4, 0.5) is 0 Å². The van der Waals surface area contributed by atoms with Gasteiger partial charge in [0, 0.05) is 0 Å². The van der Waals surface area contributed by atoms with Crippen molar-refractivity contribution in [1.29, 1.82) is 0 Å². The highest BCUT2D eigenvalue weighted by Crippen LogP contribution is 2.50. The first-order valence-corrected chi connectivity index (χ1v) is 17.4. The van der Waals surface area contributed by atoms with Gasteiger partial charge in [-0.25, -0.2) is 0 Å². The second-order valence-electron chi connectivity index (χ2n) is 13.2. The maximum Gasteiger partial charge on any atom is -0.00137 e. The zero-order chi connectivity index (χ0) is 33.0. The van der Waals surface area contributed by atoms with Gasteiger partial charge in [-0.1, -0.05) is 170 Å². The van der Waals surface area contributed by atoms with Gasteiger partial charge in [-0.2, -0.15) is 0 Å². The Kier molecular flexibility index (Phi) is 6.60. The predicted molar refractivity (Wildman–Crippen MR) is 216 cm³/mol. The number of hydrogen-bond acceptors (Lipinski definition) is 0. The first-order valence-electron chi connectivity index (χ1n) is 17.4. The molecule has 0 aromatic heterocycles. The maximum atomic E-state index is 2.44. The summed E-state index contributed by atoms with van der Waals surface area (Å²) in [5.41, 5.74) is 10.0. The largest absolute Gasteiger partial charge is 0.0622 e. The molecule has 0 saturated heterocycles. The highest BCUT2D eigenvalue weighted by atomic mass is 14.3. The monoisotopic (exact) mass is 632 g/mol. The van der Waals surface area contributed by atoms with Gasteiger partial charge in [0.05, 0.1) is 0 Å². The summed E-state index contributed by atoms with van der Waals surface area (Å²) < 4.78 is 0. The topological polar surface area (TPSA) is 0 Å². The molecule has 232 valence electrons. The van der Waals surface area contributed by atoms with Crippen molar-refractivity contribution in [2.75, 3.05) is 0 Å². The SMILES string of the molecule is c1ccc(-c2cc3ccccc3cc2-c2c3ccccc3c(-c3c(-c4ccccc4)ccc4ccccc34)c3cc4ccccc4cc23)cc1. The van der Waals surface area contributed by atoms with Crippen LogP contribution >= 0.6 is 0 Å². The first kappa shape index (κ1) is 28.5. The van der Waals surface area contributed by atoms with E-state index in [9.17, 15) is 0 Å². The molecule has 0 N–H and O–H groups in total. The molecule has 0 aliphatic rings. The molecule has 0 aliphatic carbocycles. The molecule has 0 unspecified atom stereocenters. The molecule has 0 atom stereocenters. The molecule has 0 bridgehead atoms. The second-order valence-corrected chi connectivity index (χ2v) is 13.2. The Hall–Kier alpha value is -6.50. The first-order chi connectivity index (χ1) is 24.8. The lowest BCUT2D eigenvalue weighted by atomic mass is 9.80. The van der Waals surface area contributed by atoms with Crippen molar-refractivity contribution >= 4 is 53.9 Å². The van der Waals surface area contributed by atoms with Crippen molar-refractivity contribution in [3.05, 3.63) is 194 Å². The lowest BCUT2D eigenvalue weighted by Gasteiger charge is -2.23. The summed E-state index contributed by atoms with van der Waals surface area (Å²) in [5, 5.41) is 12.5. The molecular weight excluding hydrogens is 601 g/mol. The summed E-state index contributed by atoms with van der Waals surface area (Å²) in [6, 6.07) is 71.5. The van der Waals surface area contributed by atoms with Gasteiger partial charge in [0.2, 0.25) is 0 Å². The van der Waals surface area contributed by atoms with Gasteiger partial charge in [-0.05, 0) is 123 Å². The van der Waals surface area contributed by atoms with Crippen LogP contribution < -0.4 is 0 Å². The van der Waals surface area contributed by atoms with Crippen LogP contribution in [-0.4, -0.2) is 0 Å². The van der Waals surface area contributed by atoms with Gasteiger partial charge in [0.25, 0.3) is 0 Å². The minimum atomic E-state index is 1.22. The molecule has 0 nitrogen and oxygen atoms in total. The normalized spacial score (nSPS) is 11.6. The van der Waals surface area contributed by atoms with E-state index in [1.807, 2.05) is 0 Å². The van der Waals surface area contributed by atoms with Crippen LogP contribution in [0, 0.1) is 0 Å². The number of hydrogen-bond donors (Lipinski definition) is 0. The highest BCUT2D eigenvalue weighted by molar-refractivity contribution is 6.27. The fourth-order valence-corrected chi connectivity index (χ4v) is 8.13. The summed E-state index contributed by atoms with van der Waals surface area (Å²) in [5.74, 6) is 0. The Bertz CT molecular complexity index is 2900. The van der Waals surface area contributed by atoms with Crippen molar-refractivity contribution < 1.29 is 0 Å². The molecule has 0 radical (unpaired) electrons. The molecule has 10 aromatic rings. The average Bonchev–Trinajstić information content (AvgIpc) is 3.19. The Morgan fingerprint density at radius 3 is 1.22 bits per heavy atom. The number of rotatable bonds is 4. The van der Waals surface area contributed by atoms with Crippen molar-refractivity contribution in [2.24, 2.45) is 0 Å². The van der Waals surface area contributed by atoms with Gasteiger partial charge in [0.15, 0.2) is 0 Å². The zero-order valence-corrected chi connectivity index (χ0v) is 27.5. The summed E-state index contributed by atoms with van der Waals surface area (Å²) in [4.78, 5) is 0. The van der Waals surface area contributed by atoms with Gasteiger partial charge in [0.1, 0.15) is 0 Å². The fourth-order valence-electron chi connectivity index (χ4n) is 8.13. The molecule has 0 amide bonds. The molecule has 0 saturated carbocycles. The van der Waals surface area contributed by atoms with E-state index in [4.69, 9.17) is 0 Å². The molecular formula is C50H32. The van der Waals surface area contributed by atoms with Crippen LogP contribution in [0.25, 0.3) is 98.4 Å². The minimum Gasteiger partial charge on any atom is -0.0622 e. The third-order valence-corrected chi connectivity index (χ3v) is 10.4. The second kappa shape index (κ2) is 11.6. The van der Waals surface area contributed by atoms with Gasteiger partial charge >= 0.3 is 0 Å². The molecule has 10 rings (SSSR count). The van der Waals surface area contributed by atoms with E-state index in [1.54, 1.807) is 0 Å². The van der Waals surface area contributed by atoms with Gasteiger partial charge in [-0.15, -0.1) is 0 Å². The van der Waals surface area contributed by atoms with E-state index in [2.05, 4.69) is 194 Å². The lowest BCUT2D eigenvalue weighted by molar-refractivity contribution is 1.62. The highest BCUT2D eigenvalue weighted by Gasteiger charge is 2.23. The fraction of sp³-hybridized carbons (Fsp3) is 0. The van der Waals surface area contributed by atoms with E-state index in [1.165, 1.54) is 98.4 Å². The molecule has 10 aromatic carbocycles. The van der Waals surface area contributed by atoms with Crippen molar-refractivity contribution in [2.45, 2.75) is 0 Å². The van der Waals surface area contributed by atoms with Gasteiger partial charge in [-0.3, -0.25) is 0 Å². The minimum absolute atomic E-state index is 1.22. The lowest BCUT2D eigenvalue weighted by Crippen LogP contribution is -1.96. The van der Waals surface area contributed by atoms with Crippen molar-refractivity contribution in [3.63, 3.8) is 0 Å². The molecule has 0 spiro atoms. The van der Waals surface area contributed by atoms with Crippen LogP contribution in [0.1, 0.15) is 0 Å². The quantitative estimate of drug-likeness (QED) is 0.169. The van der Waals surface area contributed by atoms with Crippen LogP contribution in [0.3, 0.4) is 0 Å². The standard InChI is InChI=1S/C50H32/c1-3-15-33(16-4-1)41-28-27-35-19-11-12-24-40(35)49(41)50-43-26-14-13-25-42(43)48(46-31-38-22-9-10-23-39(38)32-47(46)50)45-30-37-21-8-7-20-36(37)29-44(45)34-17-5-2-6-18-34/h1-32H. The molecule has 50 heavy (non-hydrogen) atoms. The third kappa shape index (κ3) is 4.54. The van der Waals surface area contributed by atoms with Crippen LogP contribution in [0.2, 0.25) is 0 Å². The summed E-state index contributed by atoms with van der Waals surface area (Å²) in [6.45, 7) is 0. The molecule has 0 heterocycles. The van der Waals surface area contributed by atoms with E-state index in [-0.39, 0.29) is 0 Å².